The Balaban J connectivity index is 3.14. The third-order valence-electron chi connectivity index (χ3n) is 5.56. The van der Waals surface area contributed by atoms with E-state index in [1.807, 2.05) is 0 Å². The molecular formula is C29H55NO12. The molecule has 0 fully saturated rings. The normalized spacial score (nSPS) is 11.1. The summed E-state index contributed by atoms with van der Waals surface area (Å²) in [4.78, 5) is 33.3. The number of carboxylic acid groups (broad SMARTS) is 1. The van der Waals surface area contributed by atoms with E-state index in [4.69, 9.17) is 43.0 Å². The number of nitrogens with one attached hydrogen (secondary N) is 1. The fourth-order valence-electron chi connectivity index (χ4n) is 3.29. The topological polar surface area (TPSA) is 157 Å². The molecule has 42 heavy (non-hydrogen) atoms. The van der Waals surface area contributed by atoms with Crippen molar-refractivity contribution in [1.82, 2.24) is 5.32 Å². The van der Waals surface area contributed by atoms with E-state index in [0.717, 1.165) is 12.8 Å². The monoisotopic (exact) mass is 609 g/mol. The highest BCUT2D eigenvalue weighted by atomic mass is 16.6. The number of carboxylic acids is 1. The van der Waals surface area contributed by atoms with Crippen molar-refractivity contribution in [1.29, 1.82) is 0 Å². The third kappa shape index (κ3) is 34.3. The molecule has 0 spiro atoms. The number of ether oxygens (including phenoxy) is 8. The van der Waals surface area contributed by atoms with Crippen LogP contribution in [0, 0.1) is 0 Å². The number of aliphatic carboxylic acids is 1. The number of carbonyl (C=O) groups is 3. The highest BCUT2D eigenvalue weighted by Gasteiger charge is 2.04. The molecule has 13 heteroatoms. The molecule has 0 aliphatic rings. The van der Waals surface area contributed by atoms with Crippen LogP contribution in [-0.4, -0.2) is 129 Å². The van der Waals surface area contributed by atoms with Crippen LogP contribution in [0.5, 0.6) is 0 Å². The second-order valence-corrected chi connectivity index (χ2v) is 9.27. The van der Waals surface area contributed by atoms with Gasteiger partial charge in [0.05, 0.1) is 92.3 Å². The molecule has 0 aliphatic carbocycles. The molecule has 0 atom stereocenters. The molecule has 0 heterocycles. The van der Waals surface area contributed by atoms with E-state index < -0.39 is 5.97 Å². The Kier molecular flexibility index (Phi) is 32.1. The van der Waals surface area contributed by atoms with Crippen LogP contribution in [0.3, 0.4) is 0 Å². The molecule has 2 N–H and O–H groups in total. The Morgan fingerprint density at radius 3 is 1.38 bits per heavy atom. The van der Waals surface area contributed by atoms with Gasteiger partial charge in [-0.2, -0.15) is 0 Å². The molecule has 0 rings (SSSR count). The average molecular weight is 610 g/mol. The van der Waals surface area contributed by atoms with Crippen molar-refractivity contribution in [3.8, 4) is 0 Å². The van der Waals surface area contributed by atoms with Crippen molar-refractivity contribution < 1.29 is 57.4 Å². The lowest BCUT2D eigenvalue weighted by Gasteiger charge is -2.09. The first-order valence-corrected chi connectivity index (χ1v) is 15.2. The van der Waals surface area contributed by atoms with Crippen molar-refractivity contribution in [2.45, 2.75) is 64.7 Å². The van der Waals surface area contributed by atoms with E-state index in [1.54, 1.807) is 0 Å². The standard InChI is InChI=1S/C29H55NO12/c1-2-3-4-5-6-8-29(34)42-26-25-41-24-23-40-22-21-39-20-19-38-18-17-37-16-15-36-14-13-35-12-7-11-30-27(31)9-10-28(32)33/h2-26H2,1H3,(H,30,31)(H,32,33). The van der Waals surface area contributed by atoms with Gasteiger partial charge < -0.3 is 48.3 Å². The Morgan fingerprint density at radius 1 is 0.500 bits per heavy atom. The number of rotatable bonds is 34. The molecule has 13 nitrogen and oxygen atoms in total. The number of unbranched alkanes of at least 4 members (excludes halogenated alkanes) is 4. The number of esters is 1. The second kappa shape index (κ2) is 33.6. The summed E-state index contributed by atoms with van der Waals surface area (Å²) in [5.41, 5.74) is 0. The average Bonchev–Trinajstić information content (AvgIpc) is 2.97. The Bertz CT molecular complexity index is 623. The van der Waals surface area contributed by atoms with Crippen molar-refractivity contribution in [3.05, 3.63) is 0 Å². The largest absolute Gasteiger partial charge is 0.481 e. The van der Waals surface area contributed by atoms with E-state index >= 15 is 0 Å². The zero-order chi connectivity index (χ0) is 30.8. The van der Waals surface area contributed by atoms with Crippen LogP contribution in [0.1, 0.15) is 64.7 Å². The molecule has 0 unspecified atom stereocenters. The minimum Gasteiger partial charge on any atom is -0.481 e. The third-order valence-corrected chi connectivity index (χ3v) is 5.56. The van der Waals surface area contributed by atoms with Gasteiger partial charge in [0.2, 0.25) is 5.91 Å². The van der Waals surface area contributed by atoms with Crippen LogP contribution in [0.2, 0.25) is 0 Å². The first-order chi connectivity index (χ1) is 20.6. The van der Waals surface area contributed by atoms with E-state index in [0.29, 0.717) is 112 Å². The summed E-state index contributed by atoms with van der Waals surface area (Å²) in [7, 11) is 0. The maximum Gasteiger partial charge on any atom is 0.305 e. The first kappa shape index (κ1) is 40.1. The first-order valence-electron chi connectivity index (χ1n) is 15.2. The summed E-state index contributed by atoms with van der Waals surface area (Å²) in [5, 5.41) is 11.2. The van der Waals surface area contributed by atoms with Gasteiger partial charge in [0.25, 0.3) is 0 Å². The lowest BCUT2D eigenvalue weighted by atomic mass is 10.1. The van der Waals surface area contributed by atoms with Crippen molar-refractivity contribution in [2.24, 2.45) is 0 Å². The van der Waals surface area contributed by atoms with E-state index in [2.05, 4.69) is 12.2 Å². The predicted molar refractivity (Wildman–Crippen MR) is 155 cm³/mol. The summed E-state index contributed by atoms with van der Waals surface area (Å²) < 4.78 is 43.1. The summed E-state index contributed by atoms with van der Waals surface area (Å²) >= 11 is 0. The number of carbonyl (C=O) groups excluding carboxylic acids is 2. The minimum atomic E-state index is -0.983. The number of hydrogen-bond donors (Lipinski definition) is 2. The molecule has 0 saturated heterocycles. The van der Waals surface area contributed by atoms with Gasteiger partial charge in [-0.05, 0) is 12.8 Å². The highest BCUT2D eigenvalue weighted by Crippen LogP contribution is 2.05. The molecular weight excluding hydrogens is 554 g/mol. The van der Waals surface area contributed by atoms with Crippen LogP contribution >= 0.6 is 0 Å². The van der Waals surface area contributed by atoms with E-state index in [1.165, 1.54) is 19.3 Å². The molecule has 0 aromatic heterocycles. The van der Waals surface area contributed by atoms with Gasteiger partial charge >= 0.3 is 11.9 Å². The van der Waals surface area contributed by atoms with E-state index in [9.17, 15) is 14.4 Å². The lowest BCUT2D eigenvalue weighted by molar-refractivity contribution is -0.145. The molecule has 248 valence electrons. The van der Waals surface area contributed by atoms with Gasteiger partial charge in [0.15, 0.2) is 0 Å². The van der Waals surface area contributed by atoms with E-state index in [-0.39, 0.29) is 31.3 Å². The van der Waals surface area contributed by atoms with Crippen molar-refractivity contribution >= 4 is 17.8 Å². The molecule has 0 aromatic rings. The number of hydrogen-bond acceptors (Lipinski definition) is 11. The highest BCUT2D eigenvalue weighted by molar-refractivity contribution is 5.80. The maximum atomic E-state index is 11.6. The zero-order valence-corrected chi connectivity index (χ0v) is 25.6. The lowest BCUT2D eigenvalue weighted by Crippen LogP contribution is -2.25. The summed E-state index contributed by atoms with van der Waals surface area (Å²) in [6.45, 7) is 9.33. The minimum absolute atomic E-state index is 0.00999. The molecule has 1 amide bonds. The summed E-state index contributed by atoms with van der Waals surface area (Å²) in [5.74, 6) is -1.41. The van der Waals surface area contributed by atoms with Crippen LogP contribution in [0.25, 0.3) is 0 Å². The Labute approximate surface area is 251 Å². The molecule has 0 radical (unpaired) electrons. The summed E-state index contributed by atoms with van der Waals surface area (Å²) in [6.07, 6.45) is 6.51. The SMILES string of the molecule is CCCCCCCC(=O)OCCOCCOCCOCCOCCOCCOCCOCCCNC(=O)CCC(=O)O. The molecule has 0 aromatic carbocycles. The quantitative estimate of drug-likeness (QED) is 0.0812. The number of amides is 1. The van der Waals surface area contributed by atoms with Gasteiger partial charge in [-0.3, -0.25) is 14.4 Å². The molecule has 0 bridgehead atoms. The fraction of sp³-hybridized carbons (Fsp3) is 0.897. The Morgan fingerprint density at radius 2 is 0.929 bits per heavy atom. The summed E-state index contributed by atoms with van der Waals surface area (Å²) in [6, 6.07) is 0. The van der Waals surface area contributed by atoms with Crippen LogP contribution in [0.15, 0.2) is 0 Å². The fourth-order valence-corrected chi connectivity index (χ4v) is 3.29. The van der Waals surface area contributed by atoms with Gasteiger partial charge in [0, 0.05) is 26.0 Å². The second-order valence-electron chi connectivity index (χ2n) is 9.27. The van der Waals surface area contributed by atoms with Gasteiger partial charge in [-0.15, -0.1) is 0 Å². The van der Waals surface area contributed by atoms with Crippen LogP contribution in [-0.2, 0) is 52.3 Å². The van der Waals surface area contributed by atoms with Gasteiger partial charge in [-0.25, -0.2) is 0 Å². The molecule has 0 saturated carbocycles. The van der Waals surface area contributed by atoms with Gasteiger partial charge in [-0.1, -0.05) is 32.6 Å². The maximum absolute atomic E-state index is 11.6. The Hall–Kier alpha value is -1.87. The zero-order valence-electron chi connectivity index (χ0n) is 25.6. The van der Waals surface area contributed by atoms with Crippen LogP contribution in [0.4, 0.5) is 0 Å². The molecule has 0 aliphatic heterocycles. The van der Waals surface area contributed by atoms with Gasteiger partial charge in [0.1, 0.15) is 6.61 Å². The van der Waals surface area contributed by atoms with Crippen molar-refractivity contribution in [2.75, 3.05) is 106 Å². The predicted octanol–water partition coefficient (Wildman–Crippen LogP) is 2.38. The van der Waals surface area contributed by atoms with Crippen LogP contribution < -0.4 is 5.32 Å². The smallest absolute Gasteiger partial charge is 0.305 e. The van der Waals surface area contributed by atoms with Crippen molar-refractivity contribution in [3.63, 3.8) is 0 Å².